The van der Waals surface area contributed by atoms with Gasteiger partial charge in [-0.15, -0.1) is 0 Å². The summed E-state index contributed by atoms with van der Waals surface area (Å²) in [6, 6.07) is 14.1. The number of hydrogen-bond donors (Lipinski definition) is 3. The first kappa shape index (κ1) is 32.6. The number of aliphatic hydroxyl groups excluding tert-OH is 1. The maximum Gasteiger partial charge on any atom is 0.453 e. The average molecular weight is 615 g/mol. The third-order valence-corrected chi connectivity index (χ3v) is 9.87. The molecule has 232 valence electrons. The van der Waals surface area contributed by atoms with E-state index in [9.17, 15) is 37.3 Å². The third kappa shape index (κ3) is 7.25. The molecule has 4 atom stereocenters. The van der Waals surface area contributed by atoms with Crippen LogP contribution in [-0.4, -0.2) is 51.6 Å². The minimum absolute atomic E-state index is 0.136. The Hall–Kier alpha value is -2.30. The first-order valence-corrected chi connectivity index (χ1v) is 15.6. The molecule has 0 aliphatic heterocycles. The highest BCUT2D eigenvalue weighted by Crippen LogP contribution is 2.58. The molecule has 42 heavy (non-hydrogen) atoms. The van der Waals surface area contributed by atoms with Gasteiger partial charge in [-0.2, -0.15) is 33.7 Å². The first-order valence-electron chi connectivity index (χ1n) is 14.4. The van der Waals surface area contributed by atoms with Crippen molar-refractivity contribution in [2.75, 3.05) is 18.1 Å². The molecule has 0 bridgehead atoms. The number of rotatable bonds is 13. The van der Waals surface area contributed by atoms with Crippen LogP contribution in [0.3, 0.4) is 0 Å². The zero-order chi connectivity index (χ0) is 30.6. The summed E-state index contributed by atoms with van der Waals surface area (Å²) in [5.41, 5.74) is 0.470. The summed E-state index contributed by atoms with van der Waals surface area (Å²) in [5, 5.41) is 32.8. The van der Waals surface area contributed by atoms with Gasteiger partial charge in [0.15, 0.2) is 0 Å². The van der Waals surface area contributed by atoms with Gasteiger partial charge in [-0.3, -0.25) is 0 Å². The van der Waals surface area contributed by atoms with E-state index in [1.165, 1.54) is 11.8 Å². The Morgan fingerprint density at radius 1 is 0.905 bits per heavy atom. The van der Waals surface area contributed by atoms with Gasteiger partial charge < -0.3 is 20.1 Å². The molecule has 0 unspecified atom stereocenters. The molecule has 3 N–H and O–H groups in total. The van der Waals surface area contributed by atoms with Crippen molar-refractivity contribution in [3.05, 3.63) is 65.7 Å². The van der Waals surface area contributed by atoms with Crippen molar-refractivity contribution in [1.29, 1.82) is 0 Å². The van der Waals surface area contributed by atoms with Crippen molar-refractivity contribution in [3.63, 3.8) is 0 Å². The Bertz CT molecular complexity index is 1200. The van der Waals surface area contributed by atoms with Crippen LogP contribution in [0.25, 0.3) is 5.57 Å². The van der Waals surface area contributed by atoms with Gasteiger partial charge >= 0.3 is 12.1 Å². The molecule has 0 aromatic heterocycles. The number of aliphatic hydroxyl groups is 2. The van der Waals surface area contributed by atoms with Crippen molar-refractivity contribution in [3.8, 4) is 11.5 Å². The summed E-state index contributed by atoms with van der Waals surface area (Å²) in [4.78, 5) is 0. The van der Waals surface area contributed by atoms with Crippen LogP contribution in [0, 0.1) is 11.3 Å². The van der Waals surface area contributed by atoms with E-state index in [1.807, 2.05) is 31.2 Å². The molecule has 4 rings (SSSR count). The number of alkyl halides is 5. The molecular weight excluding hydrogens is 575 g/mol. The number of phenolic OH excluding ortho intramolecular Hbond substituents is 1. The van der Waals surface area contributed by atoms with Gasteiger partial charge in [0.1, 0.15) is 17.1 Å². The van der Waals surface area contributed by atoms with Crippen LogP contribution >= 0.6 is 11.8 Å². The number of phenols is 1. The molecule has 0 spiro atoms. The number of ether oxygens (including phenoxy) is 1. The zero-order valence-corrected chi connectivity index (χ0v) is 24.5. The van der Waals surface area contributed by atoms with Crippen LogP contribution < -0.4 is 4.74 Å². The Labute approximate surface area is 248 Å². The Morgan fingerprint density at radius 3 is 2.24 bits per heavy atom. The lowest BCUT2D eigenvalue weighted by Gasteiger charge is -2.47. The summed E-state index contributed by atoms with van der Waals surface area (Å²) in [6.45, 7) is 2.50. The average Bonchev–Trinajstić information content (AvgIpc) is 3.21. The molecule has 0 saturated heterocycles. The summed E-state index contributed by atoms with van der Waals surface area (Å²) < 4.78 is 68.3. The molecule has 4 nitrogen and oxygen atoms in total. The summed E-state index contributed by atoms with van der Waals surface area (Å²) in [7, 11) is 0. The quantitative estimate of drug-likeness (QED) is 0.157. The van der Waals surface area contributed by atoms with Crippen molar-refractivity contribution in [1.82, 2.24) is 0 Å². The van der Waals surface area contributed by atoms with Gasteiger partial charge in [0.2, 0.25) is 0 Å². The van der Waals surface area contributed by atoms with Crippen LogP contribution in [0.2, 0.25) is 0 Å². The molecule has 0 heterocycles. The Morgan fingerprint density at radius 2 is 1.57 bits per heavy atom. The molecule has 1 fully saturated rings. The number of thioether (sulfide) groups is 1. The van der Waals surface area contributed by atoms with E-state index < -0.39 is 35.6 Å². The number of allylic oxidation sites excluding steroid dienone is 1. The van der Waals surface area contributed by atoms with Crippen molar-refractivity contribution < 1.29 is 42.0 Å². The lowest BCUT2D eigenvalue weighted by molar-refractivity contribution is -0.284. The van der Waals surface area contributed by atoms with E-state index in [1.54, 1.807) is 24.3 Å². The fraction of sp³-hybridized carbons (Fsp3) is 0.562. The molecule has 0 amide bonds. The van der Waals surface area contributed by atoms with Crippen LogP contribution in [0.15, 0.2) is 54.6 Å². The second-order valence-corrected chi connectivity index (χ2v) is 12.9. The summed E-state index contributed by atoms with van der Waals surface area (Å²) >= 11 is 1.38. The highest BCUT2D eigenvalue weighted by Gasteiger charge is 2.56. The molecule has 0 radical (unpaired) electrons. The minimum atomic E-state index is -5.48. The summed E-state index contributed by atoms with van der Waals surface area (Å²) in [5.74, 6) is -2.73. The fourth-order valence-corrected chi connectivity index (χ4v) is 7.09. The molecule has 2 aliphatic rings. The standard InChI is InChI=1S/C32H39F5O4S/c1-29-21-30(40,27(20-24(29)10-15-28(29)39)22-6-11-25(38)12-7-22)23-8-13-26(14-9-23)41-17-3-2-4-18-42-19-5-16-31(33,34)32(35,36)37/h6-9,11-14,20,24,28,38-40H,2-5,10,15-19,21H2,1H3/t24-,28-,29-,30-/m0/s1. The van der Waals surface area contributed by atoms with Gasteiger partial charge in [-0.05, 0) is 103 Å². The number of unbranched alkanes of at least 4 members (excludes halogenated alkanes) is 2. The van der Waals surface area contributed by atoms with E-state index in [0.29, 0.717) is 36.5 Å². The largest absolute Gasteiger partial charge is 0.508 e. The number of halogens is 5. The number of hydrogen-bond acceptors (Lipinski definition) is 5. The number of benzene rings is 2. The normalized spacial score (nSPS) is 26.1. The third-order valence-electron chi connectivity index (χ3n) is 8.72. The lowest BCUT2D eigenvalue weighted by atomic mass is 9.61. The number of aromatic hydroxyl groups is 1. The Kier molecular flexibility index (Phi) is 10.2. The monoisotopic (exact) mass is 614 g/mol. The van der Waals surface area contributed by atoms with E-state index in [0.717, 1.165) is 36.8 Å². The van der Waals surface area contributed by atoms with Crippen LogP contribution in [0.1, 0.15) is 69.4 Å². The predicted octanol–water partition coefficient (Wildman–Crippen LogP) is 8.10. The van der Waals surface area contributed by atoms with E-state index in [2.05, 4.69) is 6.08 Å². The Balaban J connectivity index is 1.27. The van der Waals surface area contributed by atoms with Gasteiger partial charge in [-0.1, -0.05) is 37.3 Å². The molecule has 2 aromatic rings. The van der Waals surface area contributed by atoms with Gasteiger partial charge in [0, 0.05) is 11.8 Å². The maximum absolute atomic E-state index is 12.9. The number of fused-ring (bicyclic) bond motifs is 1. The van der Waals surface area contributed by atoms with E-state index >= 15 is 0 Å². The lowest BCUT2D eigenvalue weighted by Crippen LogP contribution is -2.44. The smallest absolute Gasteiger partial charge is 0.453 e. The second-order valence-electron chi connectivity index (χ2n) is 11.7. The highest BCUT2D eigenvalue weighted by molar-refractivity contribution is 7.99. The van der Waals surface area contributed by atoms with Gasteiger partial charge in [0.25, 0.3) is 0 Å². The molecule has 2 aliphatic carbocycles. The van der Waals surface area contributed by atoms with Crippen LogP contribution in [0.5, 0.6) is 11.5 Å². The van der Waals surface area contributed by atoms with Crippen LogP contribution in [0.4, 0.5) is 22.0 Å². The first-order chi connectivity index (χ1) is 19.8. The minimum Gasteiger partial charge on any atom is -0.508 e. The van der Waals surface area contributed by atoms with Gasteiger partial charge in [0.05, 0.1) is 12.7 Å². The van der Waals surface area contributed by atoms with Crippen molar-refractivity contribution in [2.24, 2.45) is 11.3 Å². The fourth-order valence-electron chi connectivity index (χ4n) is 6.13. The molecule has 2 aromatic carbocycles. The van der Waals surface area contributed by atoms with E-state index in [-0.39, 0.29) is 23.8 Å². The van der Waals surface area contributed by atoms with Crippen LogP contribution in [-0.2, 0) is 5.60 Å². The van der Waals surface area contributed by atoms with E-state index in [4.69, 9.17) is 4.74 Å². The van der Waals surface area contributed by atoms with Crippen molar-refractivity contribution >= 4 is 17.3 Å². The molecule has 1 saturated carbocycles. The molecular formula is C32H39F5O4S. The topological polar surface area (TPSA) is 69.9 Å². The van der Waals surface area contributed by atoms with Crippen molar-refractivity contribution in [2.45, 2.75) is 82.1 Å². The SMILES string of the molecule is C[C@]12C[C@](O)(c3ccc(OCCCCCSCCCC(F)(F)C(F)(F)F)cc3)C(c3ccc(O)cc3)=C[C@@H]1CC[C@@H]2O. The second kappa shape index (κ2) is 13.1. The highest BCUT2D eigenvalue weighted by atomic mass is 32.2. The zero-order valence-electron chi connectivity index (χ0n) is 23.7. The molecule has 10 heteroatoms. The summed E-state index contributed by atoms with van der Waals surface area (Å²) in [6.07, 6.45) is -0.946. The van der Waals surface area contributed by atoms with Gasteiger partial charge in [-0.25, -0.2) is 0 Å². The predicted molar refractivity (Wildman–Crippen MR) is 155 cm³/mol. The maximum atomic E-state index is 12.9.